The lowest BCUT2D eigenvalue weighted by molar-refractivity contribution is -0.139. The van der Waals surface area contributed by atoms with E-state index in [4.69, 9.17) is 11.6 Å². The molecule has 0 unspecified atom stereocenters. The van der Waals surface area contributed by atoms with Crippen LogP contribution in [0.4, 0.5) is 13.2 Å². The third-order valence-corrected chi connectivity index (χ3v) is 4.11. The summed E-state index contributed by atoms with van der Waals surface area (Å²) in [5.74, 6) is -0.166. The van der Waals surface area contributed by atoms with E-state index in [2.05, 4.69) is 0 Å². The van der Waals surface area contributed by atoms with Crippen molar-refractivity contribution in [1.29, 1.82) is 0 Å². The van der Waals surface area contributed by atoms with Crippen LogP contribution in [0.5, 0.6) is 0 Å². The Labute approximate surface area is 109 Å². The van der Waals surface area contributed by atoms with E-state index in [1.807, 2.05) is 0 Å². The maximum Gasteiger partial charge on any atom is 0.417 e. The molecule has 0 fully saturated rings. The fraction of sp³-hybridized carbons (Fsp3) is 0.455. The molecule has 0 saturated heterocycles. The van der Waals surface area contributed by atoms with Gasteiger partial charge in [-0.3, -0.25) is 0 Å². The predicted molar refractivity (Wildman–Crippen MR) is 63.7 cm³/mol. The maximum atomic E-state index is 12.8. The zero-order valence-corrected chi connectivity index (χ0v) is 11.5. The Kier molecular flexibility index (Phi) is 4.03. The highest BCUT2D eigenvalue weighted by atomic mass is 35.5. The van der Waals surface area contributed by atoms with E-state index in [9.17, 15) is 21.6 Å². The fourth-order valence-electron chi connectivity index (χ4n) is 1.60. The van der Waals surface area contributed by atoms with E-state index in [0.717, 1.165) is 6.07 Å². The molecule has 7 heteroatoms. The highest BCUT2D eigenvalue weighted by Crippen LogP contribution is 2.40. The molecule has 0 N–H and O–H groups in total. The number of rotatable bonds is 2. The van der Waals surface area contributed by atoms with Crippen LogP contribution >= 0.6 is 11.6 Å². The minimum atomic E-state index is -4.75. The van der Waals surface area contributed by atoms with Crippen molar-refractivity contribution < 1.29 is 21.6 Å². The van der Waals surface area contributed by atoms with Crippen molar-refractivity contribution in [3.05, 3.63) is 28.3 Å². The second-order valence-corrected chi connectivity index (χ2v) is 6.60. The van der Waals surface area contributed by atoms with E-state index in [1.54, 1.807) is 13.8 Å². The van der Waals surface area contributed by atoms with E-state index < -0.39 is 26.5 Å². The first kappa shape index (κ1) is 15.3. The first-order chi connectivity index (χ1) is 7.96. The van der Waals surface area contributed by atoms with Crippen LogP contribution in [0.2, 0.25) is 5.02 Å². The summed E-state index contributed by atoms with van der Waals surface area (Å²) in [6, 6.07) is 1.97. The van der Waals surface area contributed by atoms with Crippen LogP contribution in [0.3, 0.4) is 0 Å². The SMILES string of the molecule is CC(C)c1ccc(C(F)(F)F)c(S(C)(=O)=O)c1Cl. The maximum absolute atomic E-state index is 12.8. The second-order valence-electron chi connectivity index (χ2n) is 4.27. The van der Waals surface area contributed by atoms with E-state index in [1.165, 1.54) is 6.07 Å². The molecule has 0 spiro atoms. The molecule has 0 bridgehead atoms. The Bertz CT molecular complexity index is 562. The van der Waals surface area contributed by atoms with Crippen LogP contribution in [0.15, 0.2) is 17.0 Å². The third-order valence-electron chi connectivity index (χ3n) is 2.43. The van der Waals surface area contributed by atoms with Gasteiger partial charge in [0.15, 0.2) is 9.84 Å². The number of sulfone groups is 1. The first-order valence-corrected chi connectivity index (χ1v) is 7.33. The molecule has 1 aromatic carbocycles. The standard InChI is InChI=1S/C11H12ClF3O2S/c1-6(2)7-4-5-8(11(13,14)15)10(9(7)12)18(3,16)17/h4-6H,1-3H3. The van der Waals surface area contributed by atoms with Gasteiger partial charge < -0.3 is 0 Å². The van der Waals surface area contributed by atoms with E-state index in [0.29, 0.717) is 11.8 Å². The summed E-state index contributed by atoms with van der Waals surface area (Å²) in [6.07, 6.45) is -4.04. The number of hydrogen-bond acceptors (Lipinski definition) is 2. The molecule has 0 atom stereocenters. The van der Waals surface area contributed by atoms with Crippen LogP contribution in [0.1, 0.15) is 30.9 Å². The summed E-state index contributed by atoms with van der Waals surface area (Å²) in [4.78, 5) is -0.845. The van der Waals surface area contributed by atoms with Gasteiger partial charge in [0.1, 0.15) is 0 Å². The molecule has 0 saturated carbocycles. The molecule has 0 aliphatic heterocycles. The van der Waals surface area contributed by atoms with E-state index in [-0.39, 0.29) is 10.9 Å². The fourth-order valence-corrected chi connectivity index (χ4v) is 3.43. The van der Waals surface area contributed by atoms with Gasteiger partial charge in [-0.25, -0.2) is 8.42 Å². The molecule has 1 rings (SSSR count). The van der Waals surface area contributed by atoms with Crippen molar-refractivity contribution >= 4 is 21.4 Å². The van der Waals surface area contributed by atoms with Gasteiger partial charge in [-0.1, -0.05) is 31.5 Å². The van der Waals surface area contributed by atoms with Crippen molar-refractivity contribution in [2.24, 2.45) is 0 Å². The molecule has 0 aliphatic rings. The lowest BCUT2D eigenvalue weighted by Gasteiger charge is -2.17. The number of alkyl halides is 3. The molecule has 18 heavy (non-hydrogen) atoms. The van der Waals surface area contributed by atoms with E-state index >= 15 is 0 Å². The minimum absolute atomic E-state index is 0.166. The Morgan fingerprint density at radius 1 is 1.22 bits per heavy atom. The van der Waals surface area contributed by atoms with Gasteiger partial charge in [-0.05, 0) is 17.5 Å². The van der Waals surface area contributed by atoms with Crippen LogP contribution in [0, 0.1) is 0 Å². The molecular weight excluding hydrogens is 289 g/mol. The molecule has 0 aliphatic carbocycles. The first-order valence-electron chi connectivity index (χ1n) is 5.06. The summed E-state index contributed by atoms with van der Waals surface area (Å²) in [5, 5.41) is -0.345. The van der Waals surface area contributed by atoms with Gasteiger partial charge in [0, 0.05) is 6.26 Å². The monoisotopic (exact) mass is 300 g/mol. The average Bonchev–Trinajstić information content (AvgIpc) is 2.12. The second kappa shape index (κ2) is 4.74. The highest BCUT2D eigenvalue weighted by Gasteiger charge is 2.38. The van der Waals surface area contributed by atoms with Crippen molar-refractivity contribution in [3.8, 4) is 0 Å². The molecule has 0 radical (unpaired) electrons. The molecular formula is C11H12ClF3O2S. The molecule has 2 nitrogen and oxygen atoms in total. The molecule has 0 heterocycles. The Balaban J connectivity index is 3.75. The Hall–Kier alpha value is -0.750. The summed E-state index contributed by atoms with van der Waals surface area (Å²) >= 11 is 5.82. The largest absolute Gasteiger partial charge is 0.417 e. The van der Waals surface area contributed by atoms with Gasteiger partial charge in [-0.15, -0.1) is 0 Å². The molecule has 1 aromatic rings. The normalized spacial score (nSPS) is 13.1. The Morgan fingerprint density at radius 3 is 2.06 bits per heavy atom. The van der Waals surface area contributed by atoms with Gasteiger partial charge in [0.2, 0.25) is 0 Å². The zero-order valence-electron chi connectivity index (χ0n) is 9.97. The number of benzene rings is 1. The van der Waals surface area contributed by atoms with Gasteiger partial charge in [0.25, 0.3) is 0 Å². The smallest absolute Gasteiger partial charge is 0.224 e. The van der Waals surface area contributed by atoms with Crippen molar-refractivity contribution in [3.63, 3.8) is 0 Å². The van der Waals surface area contributed by atoms with Gasteiger partial charge in [-0.2, -0.15) is 13.2 Å². The average molecular weight is 301 g/mol. The third kappa shape index (κ3) is 2.98. The summed E-state index contributed by atoms with van der Waals surface area (Å²) in [7, 11) is -4.06. The lowest BCUT2D eigenvalue weighted by atomic mass is 10.0. The molecule has 0 aromatic heterocycles. The van der Waals surface area contributed by atoms with Crippen LogP contribution in [-0.2, 0) is 16.0 Å². The summed E-state index contributed by atoms with van der Waals surface area (Å²) in [5.41, 5.74) is -0.843. The van der Waals surface area contributed by atoms with Crippen LogP contribution < -0.4 is 0 Å². The molecule has 102 valence electrons. The Morgan fingerprint density at radius 2 is 1.72 bits per heavy atom. The zero-order chi connectivity index (χ0) is 14.3. The van der Waals surface area contributed by atoms with Gasteiger partial charge >= 0.3 is 6.18 Å². The predicted octanol–water partition coefficient (Wildman–Crippen LogP) is 3.89. The summed E-state index contributed by atoms with van der Waals surface area (Å²) < 4.78 is 61.3. The summed E-state index contributed by atoms with van der Waals surface area (Å²) in [6.45, 7) is 3.45. The quantitative estimate of drug-likeness (QED) is 0.830. The van der Waals surface area contributed by atoms with Crippen molar-refractivity contribution in [2.75, 3.05) is 6.26 Å². The lowest BCUT2D eigenvalue weighted by Crippen LogP contribution is -2.14. The minimum Gasteiger partial charge on any atom is -0.224 e. The van der Waals surface area contributed by atoms with Crippen molar-refractivity contribution in [2.45, 2.75) is 30.8 Å². The topological polar surface area (TPSA) is 34.1 Å². The van der Waals surface area contributed by atoms with Crippen LogP contribution in [-0.4, -0.2) is 14.7 Å². The highest BCUT2D eigenvalue weighted by molar-refractivity contribution is 7.90. The number of hydrogen-bond donors (Lipinski definition) is 0. The van der Waals surface area contributed by atoms with Crippen molar-refractivity contribution in [1.82, 2.24) is 0 Å². The van der Waals surface area contributed by atoms with Crippen LogP contribution in [0.25, 0.3) is 0 Å². The number of halogens is 4. The van der Waals surface area contributed by atoms with Gasteiger partial charge in [0.05, 0.1) is 15.5 Å². The molecule has 0 amide bonds.